The number of halogens is 2. The van der Waals surface area contributed by atoms with E-state index in [9.17, 15) is 9.18 Å². The predicted molar refractivity (Wildman–Crippen MR) is 66.1 cm³/mol. The largest absolute Gasteiger partial charge is 0.480 e. The average Bonchev–Trinajstić information content (AvgIpc) is 2.34. The number of carboxylic acid groups (broad SMARTS) is 1. The van der Waals surface area contributed by atoms with Crippen molar-refractivity contribution < 1.29 is 14.3 Å². The van der Waals surface area contributed by atoms with E-state index < -0.39 is 12.0 Å². The molecule has 1 aliphatic heterocycles. The van der Waals surface area contributed by atoms with Gasteiger partial charge in [-0.15, -0.1) is 0 Å². The predicted octanol–water partition coefficient (Wildman–Crippen LogP) is 1.34. The van der Waals surface area contributed by atoms with Gasteiger partial charge in [0.2, 0.25) is 0 Å². The second kappa shape index (κ2) is 5.65. The van der Waals surface area contributed by atoms with E-state index in [4.69, 9.17) is 16.7 Å². The van der Waals surface area contributed by atoms with Crippen molar-refractivity contribution in [2.24, 2.45) is 0 Å². The smallest absolute Gasteiger partial charge is 0.322 e. The van der Waals surface area contributed by atoms with Crippen LogP contribution in [0, 0.1) is 5.82 Å². The molecular weight excluding hydrogens is 259 g/mol. The summed E-state index contributed by atoms with van der Waals surface area (Å²) in [6, 6.07) is 3.69. The van der Waals surface area contributed by atoms with Crippen molar-refractivity contribution in [1.82, 2.24) is 10.2 Å². The standard InChI is InChI=1S/C12H14ClFN2O2/c13-9-1-2-10(14)8(5-9)7-16-4-3-15-6-11(16)12(17)18/h1-2,5,11,15H,3-4,6-7H2,(H,17,18). The highest BCUT2D eigenvalue weighted by molar-refractivity contribution is 6.30. The summed E-state index contributed by atoms with van der Waals surface area (Å²) in [5.74, 6) is -1.26. The Morgan fingerprint density at radius 3 is 3.11 bits per heavy atom. The summed E-state index contributed by atoms with van der Waals surface area (Å²) < 4.78 is 13.6. The van der Waals surface area contributed by atoms with Gasteiger partial charge in [-0.25, -0.2) is 4.39 Å². The molecular formula is C12H14ClFN2O2. The summed E-state index contributed by atoms with van der Waals surface area (Å²) in [5.41, 5.74) is 0.427. The first-order valence-corrected chi connectivity index (χ1v) is 6.07. The van der Waals surface area contributed by atoms with Gasteiger partial charge in [0.25, 0.3) is 0 Å². The van der Waals surface area contributed by atoms with Crippen molar-refractivity contribution in [3.05, 3.63) is 34.6 Å². The Morgan fingerprint density at radius 2 is 2.39 bits per heavy atom. The topological polar surface area (TPSA) is 52.6 Å². The number of nitrogens with zero attached hydrogens (tertiary/aromatic N) is 1. The number of hydrogen-bond donors (Lipinski definition) is 2. The fourth-order valence-electron chi connectivity index (χ4n) is 2.06. The van der Waals surface area contributed by atoms with Crippen LogP contribution in [-0.2, 0) is 11.3 Å². The third kappa shape index (κ3) is 2.98. The number of nitrogens with one attached hydrogen (secondary N) is 1. The van der Waals surface area contributed by atoms with Crippen LogP contribution in [0.25, 0.3) is 0 Å². The zero-order valence-electron chi connectivity index (χ0n) is 9.70. The van der Waals surface area contributed by atoms with Crippen LogP contribution in [0.5, 0.6) is 0 Å². The zero-order chi connectivity index (χ0) is 13.1. The molecule has 18 heavy (non-hydrogen) atoms. The molecule has 1 fully saturated rings. The molecule has 4 nitrogen and oxygen atoms in total. The van der Waals surface area contributed by atoms with Crippen LogP contribution in [-0.4, -0.2) is 41.7 Å². The molecule has 2 N–H and O–H groups in total. The molecule has 0 aliphatic carbocycles. The maximum Gasteiger partial charge on any atom is 0.322 e. The molecule has 1 aliphatic rings. The van der Waals surface area contributed by atoms with Crippen LogP contribution in [0.1, 0.15) is 5.56 Å². The van der Waals surface area contributed by atoms with Crippen molar-refractivity contribution in [1.29, 1.82) is 0 Å². The van der Waals surface area contributed by atoms with Gasteiger partial charge in [-0.1, -0.05) is 11.6 Å². The van der Waals surface area contributed by atoms with Gasteiger partial charge >= 0.3 is 5.97 Å². The summed E-state index contributed by atoms with van der Waals surface area (Å²) in [4.78, 5) is 12.8. The SMILES string of the molecule is O=C(O)C1CNCCN1Cc1cc(Cl)ccc1F. The minimum Gasteiger partial charge on any atom is -0.480 e. The van der Waals surface area contributed by atoms with E-state index in [1.165, 1.54) is 18.2 Å². The second-order valence-electron chi connectivity index (χ2n) is 4.26. The molecule has 0 saturated carbocycles. The molecule has 1 saturated heterocycles. The van der Waals surface area contributed by atoms with E-state index in [-0.39, 0.29) is 12.4 Å². The van der Waals surface area contributed by atoms with Crippen molar-refractivity contribution in [2.75, 3.05) is 19.6 Å². The van der Waals surface area contributed by atoms with Crippen LogP contribution >= 0.6 is 11.6 Å². The van der Waals surface area contributed by atoms with E-state index in [0.717, 1.165) is 0 Å². The molecule has 1 heterocycles. The molecule has 98 valence electrons. The molecule has 0 radical (unpaired) electrons. The lowest BCUT2D eigenvalue weighted by molar-refractivity contribution is -0.144. The second-order valence-corrected chi connectivity index (χ2v) is 4.70. The zero-order valence-corrected chi connectivity index (χ0v) is 10.5. The Kier molecular flexibility index (Phi) is 4.16. The monoisotopic (exact) mass is 272 g/mol. The molecule has 0 aromatic heterocycles. The summed E-state index contributed by atoms with van der Waals surface area (Å²) >= 11 is 5.82. The molecule has 0 bridgehead atoms. The summed E-state index contributed by atoms with van der Waals surface area (Å²) in [6.45, 7) is 1.90. The Bertz CT molecular complexity index is 456. The van der Waals surface area contributed by atoms with E-state index >= 15 is 0 Å². The molecule has 2 rings (SSSR count). The first kappa shape index (κ1) is 13.3. The lowest BCUT2D eigenvalue weighted by Gasteiger charge is -2.33. The third-order valence-corrected chi connectivity index (χ3v) is 3.26. The van der Waals surface area contributed by atoms with Gasteiger partial charge in [-0.05, 0) is 18.2 Å². The molecule has 1 aromatic rings. The molecule has 1 aromatic carbocycles. The van der Waals surface area contributed by atoms with Crippen molar-refractivity contribution >= 4 is 17.6 Å². The number of rotatable bonds is 3. The Balaban J connectivity index is 2.15. The van der Waals surface area contributed by atoms with Gasteiger partial charge < -0.3 is 10.4 Å². The summed E-state index contributed by atoms with van der Waals surface area (Å²) in [5, 5.41) is 12.6. The van der Waals surface area contributed by atoms with Crippen LogP contribution in [0.3, 0.4) is 0 Å². The highest BCUT2D eigenvalue weighted by Crippen LogP contribution is 2.18. The summed E-state index contributed by atoms with van der Waals surface area (Å²) in [6.07, 6.45) is 0. The average molecular weight is 273 g/mol. The van der Waals surface area contributed by atoms with E-state index in [1.807, 2.05) is 0 Å². The molecule has 0 amide bonds. The minimum atomic E-state index is -0.898. The summed E-state index contributed by atoms with van der Waals surface area (Å²) in [7, 11) is 0. The molecule has 1 atom stereocenters. The van der Waals surface area contributed by atoms with Gasteiger partial charge in [-0.2, -0.15) is 0 Å². The Labute approximate surface area is 109 Å². The number of benzene rings is 1. The van der Waals surface area contributed by atoms with Gasteiger partial charge in [0.15, 0.2) is 0 Å². The molecule has 1 unspecified atom stereocenters. The highest BCUT2D eigenvalue weighted by atomic mass is 35.5. The van der Waals surface area contributed by atoms with Crippen LogP contribution in [0.15, 0.2) is 18.2 Å². The maximum atomic E-state index is 13.6. The number of carbonyl (C=O) groups is 1. The van der Waals surface area contributed by atoms with Crippen LogP contribution in [0.2, 0.25) is 5.02 Å². The lowest BCUT2D eigenvalue weighted by Crippen LogP contribution is -2.54. The van der Waals surface area contributed by atoms with E-state index in [2.05, 4.69) is 5.32 Å². The maximum absolute atomic E-state index is 13.6. The van der Waals surface area contributed by atoms with Crippen molar-refractivity contribution in [2.45, 2.75) is 12.6 Å². The fourth-order valence-corrected chi connectivity index (χ4v) is 2.26. The molecule has 0 spiro atoms. The quantitative estimate of drug-likeness (QED) is 0.872. The van der Waals surface area contributed by atoms with E-state index in [1.54, 1.807) is 4.90 Å². The Hall–Kier alpha value is -1.17. The lowest BCUT2D eigenvalue weighted by atomic mass is 10.1. The number of aliphatic carboxylic acids is 1. The Morgan fingerprint density at radius 1 is 1.61 bits per heavy atom. The van der Waals surface area contributed by atoms with Crippen molar-refractivity contribution in [3.8, 4) is 0 Å². The molecule has 6 heteroatoms. The number of carboxylic acids is 1. The number of hydrogen-bond acceptors (Lipinski definition) is 3. The van der Waals surface area contributed by atoms with Crippen LogP contribution < -0.4 is 5.32 Å². The normalized spacial score (nSPS) is 20.9. The fraction of sp³-hybridized carbons (Fsp3) is 0.417. The highest BCUT2D eigenvalue weighted by Gasteiger charge is 2.28. The van der Waals surface area contributed by atoms with E-state index in [0.29, 0.717) is 30.2 Å². The van der Waals surface area contributed by atoms with Crippen molar-refractivity contribution in [3.63, 3.8) is 0 Å². The first-order chi connectivity index (χ1) is 8.58. The van der Waals surface area contributed by atoms with Gasteiger partial charge in [0, 0.05) is 36.8 Å². The van der Waals surface area contributed by atoms with Gasteiger partial charge in [0.05, 0.1) is 0 Å². The van der Waals surface area contributed by atoms with Gasteiger partial charge in [0.1, 0.15) is 11.9 Å². The van der Waals surface area contributed by atoms with Gasteiger partial charge in [-0.3, -0.25) is 9.69 Å². The minimum absolute atomic E-state index is 0.255. The first-order valence-electron chi connectivity index (χ1n) is 5.69. The van der Waals surface area contributed by atoms with Crippen LogP contribution in [0.4, 0.5) is 4.39 Å². The number of piperazine rings is 1. The third-order valence-electron chi connectivity index (χ3n) is 3.02.